The van der Waals surface area contributed by atoms with Gasteiger partial charge in [-0.05, 0) is 24.3 Å². The first kappa shape index (κ1) is 19.6. The molecule has 4 rings (SSSR count). The largest absolute Gasteiger partial charge is 0.431 e. The van der Waals surface area contributed by atoms with Crippen LogP contribution in [0.2, 0.25) is 0 Å². The minimum atomic E-state index is -4.40. The normalized spacial score (nSPS) is 15.1. The van der Waals surface area contributed by atoms with E-state index in [0.29, 0.717) is 42.8 Å². The first-order valence-electron chi connectivity index (χ1n) is 8.94. The monoisotopic (exact) mass is 422 g/mol. The van der Waals surface area contributed by atoms with Gasteiger partial charge in [-0.25, -0.2) is 9.97 Å². The number of amides is 1. The summed E-state index contributed by atoms with van der Waals surface area (Å²) in [6.45, 7) is 1.99. The molecule has 3 heterocycles. The van der Waals surface area contributed by atoms with Crippen molar-refractivity contribution in [2.75, 3.05) is 36.8 Å². The Hall–Kier alpha value is -2.75. The molecule has 1 aromatic carbocycles. The molecule has 29 heavy (non-hydrogen) atoms. The van der Waals surface area contributed by atoms with Crippen LogP contribution in [0.3, 0.4) is 0 Å². The number of carbonyl (C=O) groups excluding carboxylic acids is 1. The lowest BCUT2D eigenvalue weighted by atomic mass is 10.2. The van der Waals surface area contributed by atoms with E-state index in [1.165, 1.54) is 17.8 Å². The van der Waals surface area contributed by atoms with Crippen molar-refractivity contribution in [3.05, 3.63) is 48.2 Å². The molecule has 152 valence electrons. The number of nitrogens with zero attached hydrogens (tertiary/aromatic N) is 4. The Labute approximate surface area is 168 Å². The van der Waals surface area contributed by atoms with Gasteiger partial charge in [0.05, 0.1) is 11.3 Å². The van der Waals surface area contributed by atoms with E-state index in [4.69, 9.17) is 4.42 Å². The third-order valence-electron chi connectivity index (χ3n) is 4.62. The highest BCUT2D eigenvalue weighted by atomic mass is 32.2. The summed E-state index contributed by atoms with van der Waals surface area (Å²) in [6, 6.07) is 9.79. The summed E-state index contributed by atoms with van der Waals surface area (Å²) in [5, 5.41) is 0.451. The van der Waals surface area contributed by atoms with Crippen LogP contribution >= 0.6 is 11.8 Å². The molecule has 3 aromatic rings. The minimum absolute atomic E-state index is 0.0303. The van der Waals surface area contributed by atoms with E-state index in [-0.39, 0.29) is 11.7 Å². The lowest BCUT2D eigenvalue weighted by Crippen LogP contribution is -2.49. The SMILES string of the molecule is O=C(CSc1nc2ccccc2o1)N1CCN(c2ccc(C(F)(F)F)cn2)CC1. The molecule has 1 aliphatic rings. The Balaban J connectivity index is 1.29. The van der Waals surface area contributed by atoms with E-state index in [0.717, 1.165) is 17.8 Å². The standard InChI is InChI=1S/C19H17F3N4O2S/c20-19(21,22)13-5-6-16(23-11-13)25-7-9-26(10-8-25)17(27)12-29-18-24-14-3-1-2-4-15(14)28-18/h1-6,11H,7-10,12H2. The first-order chi connectivity index (χ1) is 13.9. The second-order valence-corrected chi connectivity index (χ2v) is 7.43. The van der Waals surface area contributed by atoms with Gasteiger partial charge < -0.3 is 14.2 Å². The van der Waals surface area contributed by atoms with E-state index < -0.39 is 11.7 Å². The quantitative estimate of drug-likeness (QED) is 0.598. The second-order valence-electron chi connectivity index (χ2n) is 6.51. The molecule has 6 nitrogen and oxygen atoms in total. The summed E-state index contributed by atoms with van der Waals surface area (Å²) in [6.07, 6.45) is -3.56. The number of anilines is 1. The average molecular weight is 422 g/mol. The van der Waals surface area contributed by atoms with Gasteiger partial charge in [0.2, 0.25) is 5.91 Å². The Bertz CT molecular complexity index is 966. The zero-order valence-electron chi connectivity index (χ0n) is 15.2. The topological polar surface area (TPSA) is 62.5 Å². The number of halogens is 3. The van der Waals surface area contributed by atoms with E-state index in [1.807, 2.05) is 29.2 Å². The molecule has 0 saturated carbocycles. The summed E-state index contributed by atoms with van der Waals surface area (Å²) in [4.78, 5) is 24.3. The predicted molar refractivity (Wildman–Crippen MR) is 103 cm³/mol. The highest BCUT2D eigenvalue weighted by molar-refractivity contribution is 7.99. The Morgan fingerprint density at radius 3 is 2.52 bits per heavy atom. The predicted octanol–water partition coefficient (Wildman–Crippen LogP) is 3.68. The van der Waals surface area contributed by atoms with Crippen LogP contribution in [0.1, 0.15) is 5.56 Å². The van der Waals surface area contributed by atoms with Crippen molar-refractivity contribution in [3.63, 3.8) is 0 Å². The zero-order chi connectivity index (χ0) is 20.4. The van der Waals surface area contributed by atoms with Crippen LogP contribution in [0, 0.1) is 0 Å². The number of fused-ring (bicyclic) bond motifs is 1. The molecule has 0 bridgehead atoms. The number of alkyl halides is 3. The smallest absolute Gasteiger partial charge is 0.417 e. The number of rotatable bonds is 4. The molecule has 0 unspecified atom stereocenters. The van der Waals surface area contributed by atoms with Crippen LogP contribution in [0.4, 0.5) is 19.0 Å². The number of hydrogen-bond acceptors (Lipinski definition) is 6. The number of thioether (sulfide) groups is 1. The average Bonchev–Trinajstić information content (AvgIpc) is 3.15. The molecular weight excluding hydrogens is 405 g/mol. The summed E-state index contributed by atoms with van der Waals surface area (Å²) >= 11 is 1.25. The maximum absolute atomic E-state index is 12.6. The summed E-state index contributed by atoms with van der Waals surface area (Å²) in [7, 11) is 0. The molecule has 0 radical (unpaired) electrons. The number of piperazine rings is 1. The summed E-state index contributed by atoms with van der Waals surface area (Å²) in [5.41, 5.74) is 0.659. The molecule has 0 aliphatic carbocycles. The van der Waals surface area contributed by atoms with Gasteiger partial charge in [0.1, 0.15) is 11.3 Å². The number of aromatic nitrogens is 2. The number of pyridine rings is 1. The Morgan fingerprint density at radius 2 is 1.86 bits per heavy atom. The lowest BCUT2D eigenvalue weighted by Gasteiger charge is -2.35. The van der Waals surface area contributed by atoms with E-state index in [1.54, 1.807) is 4.90 Å². The third kappa shape index (κ3) is 4.47. The molecule has 1 aliphatic heterocycles. The fraction of sp³-hybridized carbons (Fsp3) is 0.316. The van der Waals surface area contributed by atoms with E-state index in [2.05, 4.69) is 9.97 Å². The number of hydrogen-bond donors (Lipinski definition) is 0. The number of carbonyl (C=O) groups is 1. The third-order valence-corrected chi connectivity index (χ3v) is 5.44. The van der Waals surface area contributed by atoms with Crippen molar-refractivity contribution in [1.82, 2.24) is 14.9 Å². The van der Waals surface area contributed by atoms with Gasteiger partial charge in [0, 0.05) is 32.4 Å². The molecule has 0 spiro atoms. The van der Waals surface area contributed by atoms with Crippen LogP contribution in [-0.4, -0.2) is 52.7 Å². The van der Waals surface area contributed by atoms with Crippen molar-refractivity contribution >= 4 is 34.6 Å². The molecule has 1 fully saturated rings. The van der Waals surface area contributed by atoms with Crippen molar-refractivity contribution in [2.24, 2.45) is 0 Å². The zero-order valence-corrected chi connectivity index (χ0v) is 16.0. The van der Waals surface area contributed by atoms with Gasteiger partial charge in [-0.1, -0.05) is 23.9 Å². The van der Waals surface area contributed by atoms with Gasteiger partial charge in [0.15, 0.2) is 5.58 Å². The second kappa shape index (κ2) is 7.94. The van der Waals surface area contributed by atoms with Crippen molar-refractivity contribution in [2.45, 2.75) is 11.4 Å². The fourth-order valence-corrected chi connectivity index (χ4v) is 3.79. The molecular formula is C19H17F3N4O2S. The van der Waals surface area contributed by atoms with Crippen LogP contribution < -0.4 is 4.90 Å². The number of para-hydroxylation sites is 2. The first-order valence-corrected chi connectivity index (χ1v) is 9.93. The summed E-state index contributed by atoms with van der Waals surface area (Å²) in [5.74, 6) is 0.661. The Morgan fingerprint density at radius 1 is 1.10 bits per heavy atom. The van der Waals surface area contributed by atoms with Crippen molar-refractivity contribution < 1.29 is 22.4 Å². The van der Waals surface area contributed by atoms with E-state index in [9.17, 15) is 18.0 Å². The maximum Gasteiger partial charge on any atom is 0.417 e. The minimum Gasteiger partial charge on any atom is -0.431 e. The maximum atomic E-state index is 12.6. The Kier molecular flexibility index (Phi) is 5.35. The molecule has 1 saturated heterocycles. The number of benzene rings is 1. The fourth-order valence-electron chi connectivity index (χ4n) is 3.05. The highest BCUT2D eigenvalue weighted by Crippen LogP contribution is 2.29. The van der Waals surface area contributed by atoms with E-state index >= 15 is 0 Å². The van der Waals surface area contributed by atoms with Gasteiger partial charge in [-0.3, -0.25) is 4.79 Å². The summed E-state index contributed by atoms with van der Waals surface area (Å²) < 4.78 is 43.5. The van der Waals surface area contributed by atoms with Gasteiger partial charge in [-0.2, -0.15) is 13.2 Å². The van der Waals surface area contributed by atoms with Gasteiger partial charge in [0.25, 0.3) is 5.22 Å². The van der Waals surface area contributed by atoms with Crippen LogP contribution in [-0.2, 0) is 11.0 Å². The highest BCUT2D eigenvalue weighted by Gasteiger charge is 2.31. The van der Waals surface area contributed by atoms with Crippen molar-refractivity contribution in [1.29, 1.82) is 0 Å². The van der Waals surface area contributed by atoms with Crippen LogP contribution in [0.25, 0.3) is 11.1 Å². The van der Waals surface area contributed by atoms with Crippen molar-refractivity contribution in [3.8, 4) is 0 Å². The van der Waals surface area contributed by atoms with Gasteiger partial charge in [-0.15, -0.1) is 0 Å². The lowest BCUT2D eigenvalue weighted by molar-refractivity contribution is -0.137. The molecule has 0 N–H and O–H groups in total. The van der Waals surface area contributed by atoms with Crippen LogP contribution in [0.15, 0.2) is 52.2 Å². The number of oxazole rings is 1. The molecule has 0 atom stereocenters. The van der Waals surface area contributed by atoms with Gasteiger partial charge >= 0.3 is 6.18 Å². The van der Waals surface area contributed by atoms with Crippen LogP contribution in [0.5, 0.6) is 0 Å². The molecule has 10 heteroatoms. The molecule has 1 amide bonds. The molecule has 2 aromatic heterocycles.